The fourth-order valence-corrected chi connectivity index (χ4v) is 1.79. The van der Waals surface area contributed by atoms with Crippen molar-refractivity contribution in [2.24, 2.45) is 5.16 Å². The van der Waals surface area contributed by atoms with Crippen molar-refractivity contribution in [1.82, 2.24) is 9.97 Å². The summed E-state index contributed by atoms with van der Waals surface area (Å²) in [4.78, 5) is 7.51. The van der Waals surface area contributed by atoms with Crippen LogP contribution in [0.5, 0.6) is 0 Å². The first-order valence-electron chi connectivity index (χ1n) is 4.13. The molecule has 2 aromatic rings. The Hall–Kier alpha value is -1.49. The minimum atomic E-state index is 0.607. The third-order valence-electron chi connectivity index (χ3n) is 1.74. The van der Waals surface area contributed by atoms with Crippen LogP contribution in [0.15, 0.2) is 34.6 Å². The number of H-pyrrole nitrogens is 1. The molecule has 1 heterocycles. The minimum absolute atomic E-state index is 0.607. The molecule has 1 aromatic heterocycles. The summed E-state index contributed by atoms with van der Waals surface area (Å²) in [6.45, 7) is 0. The number of benzene rings is 1. The van der Waals surface area contributed by atoms with Gasteiger partial charge in [-0.3, -0.25) is 0 Å². The Morgan fingerprint density at radius 3 is 3.14 bits per heavy atom. The lowest BCUT2D eigenvalue weighted by atomic mass is 10.3. The first-order valence-corrected chi connectivity index (χ1v) is 5.12. The lowest BCUT2D eigenvalue weighted by Gasteiger charge is -1.87. The summed E-state index contributed by atoms with van der Waals surface area (Å²) >= 11 is 1.49. The van der Waals surface area contributed by atoms with Crippen LogP contribution < -0.4 is 0 Å². The minimum Gasteiger partial charge on any atom is -0.411 e. The van der Waals surface area contributed by atoms with Crippen LogP contribution >= 0.6 is 11.8 Å². The number of hydrogen-bond acceptors (Lipinski definition) is 4. The van der Waals surface area contributed by atoms with Crippen LogP contribution in [0.1, 0.15) is 0 Å². The van der Waals surface area contributed by atoms with Crippen LogP contribution in [0.3, 0.4) is 0 Å². The van der Waals surface area contributed by atoms with Gasteiger partial charge in [0.25, 0.3) is 0 Å². The zero-order valence-electron chi connectivity index (χ0n) is 7.34. The van der Waals surface area contributed by atoms with E-state index in [9.17, 15) is 0 Å². The number of rotatable bonds is 3. The van der Waals surface area contributed by atoms with Gasteiger partial charge in [0.1, 0.15) is 0 Å². The van der Waals surface area contributed by atoms with Crippen molar-refractivity contribution >= 4 is 29.0 Å². The Kier molecular flexibility index (Phi) is 2.69. The molecular weight excluding hydrogens is 198 g/mol. The molecule has 2 N–H and O–H groups in total. The number of imidazole rings is 1. The largest absolute Gasteiger partial charge is 0.411 e. The Bertz CT molecular complexity index is 419. The molecule has 0 amide bonds. The Morgan fingerprint density at radius 2 is 2.36 bits per heavy atom. The number of fused-ring (bicyclic) bond motifs is 1. The van der Waals surface area contributed by atoms with Gasteiger partial charge < -0.3 is 10.2 Å². The third-order valence-corrected chi connectivity index (χ3v) is 2.53. The van der Waals surface area contributed by atoms with E-state index >= 15 is 0 Å². The predicted octanol–water partition coefficient (Wildman–Crippen LogP) is 2.11. The molecule has 0 radical (unpaired) electrons. The Morgan fingerprint density at radius 1 is 1.50 bits per heavy atom. The quantitative estimate of drug-likeness (QED) is 0.351. The molecule has 0 saturated heterocycles. The van der Waals surface area contributed by atoms with Gasteiger partial charge in [-0.05, 0) is 12.1 Å². The zero-order valence-corrected chi connectivity index (χ0v) is 8.16. The van der Waals surface area contributed by atoms with Gasteiger partial charge in [-0.2, -0.15) is 0 Å². The van der Waals surface area contributed by atoms with Crippen molar-refractivity contribution in [3.63, 3.8) is 0 Å². The van der Waals surface area contributed by atoms with E-state index in [2.05, 4.69) is 15.1 Å². The van der Waals surface area contributed by atoms with Gasteiger partial charge in [-0.15, -0.1) is 5.16 Å². The lowest BCUT2D eigenvalue weighted by molar-refractivity contribution is 0.321. The fraction of sp³-hybridized carbons (Fsp3) is 0.111. The fourth-order valence-electron chi connectivity index (χ4n) is 1.15. The second-order valence-corrected chi connectivity index (χ2v) is 3.68. The van der Waals surface area contributed by atoms with Crippen molar-refractivity contribution in [3.05, 3.63) is 24.3 Å². The lowest BCUT2D eigenvalue weighted by Crippen LogP contribution is -1.81. The van der Waals surface area contributed by atoms with E-state index in [-0.39, 0.29) is 0 Å². The highest BCUT2D eigenvalue weighted by atomic mass is 32.2. The van der Waals surface area contributed by atoms with Crippen molar-refractivity contribution in [2.45, 2.75) is 5.16 Å². The second-order valence-electron chi connectivity index (χ2n) is 2.67. The summed E-state index contributed by atoms with van der Waals surface area (Å²) in [5, 5.41) is 12.0. The highest BCUT2D eigenvalue weighted by Gasteiger charge is 2.00. The van der Waals surface area contributed by atoms with Gasteiger partial charge in [0, 0.05) is 5.75 Å². The number of nitrogens with one attached hydrogen (secondary N) is 1. The molecular formula is C9H9N3OS. The van der Waals surface area contributed by atoms with Crippen LogP contribution in [0.2, 0.25) is 0 Å². The third kappa shape index (κ3) is 1.88. The van der Waals surface area contributed by atoms with Gasteiger partial charge in [0.05, 0.1) is 17.2 Å². The van der Waals surface area contributed by atoms with E-state index in [1.165, 1.54) is 18.0 Å². The van der Waals surface area contributed by atoms with Crippen LogP contribution in [-0.4, -0.2) is 27.1 Å². The molecule has 0 spiro atoms. The normalized spacial score (nSPS) is 11.4. The SMILES string of the molecule is O/N=C/CSc1nc2ccccc2[nH]1. The van der Waals surface area contributed by atoms with E-state index in [0.717, 1.165) is 16.2 Å². The maximum atomic E-state index is 8.21. The molecule has 0 aliphatic carbocycles. The van der Waals surface area contributed by atoms with Gasteiger partial charge in [-0.25, -0.2) is 4.98 Å². The summed E-state index contributed by atoms with van der Waals surface area (Å²) in [6.07, 6.45) is 1.43. The number of aromatic nitrogens is 2. The molecule has 2 rings (SSSR count). The van der Waals surface area contributed by atoms with Crippen molar-refractivity contribution in [3.8, 4) is 0 Å². The highest BCUT2D eigenvalue weighted by Crippen LogP contribution is 2.17. The number of para-hydroxylation sites is 2. The molecule has 0 aliphatic rings. The number of aromatic amines is 1. The highest BCUT2D eigenvalue weighted by molar-refractivity contribution is 7.99. The number of thioether (sulfide) groups is 1. The molecule has 0 unspecified atom stereocenters. The number of oxime groups is 1. The van der Waals surface area contributed by atoms with Crippen LogP contribution in [0.25, 0.3) is 11.0 Å². The van der Waals surface area contributed by atoms with Crippen molar-refractivity contribution < 1.29 is 5.21 Å². The average molecular weight is 207 g/mol. The first-order chi connectivity index (χ1) is 6.90. The van der Waals surface area contributed by atoms with E-state index in [0.29, 0.717) is 5.75 Å². The van der Waals surface area contributed by atoms with Crippen LogP contribution in [0, 0.1) is 0 Å². The monoisotopic (exact) mass is 207 g/mol. The van der Waals surface area contributed by atoms with E-state index in [4.69, 9.17) is 5.21 Å². The molecule has 4 nitrogen and oxygen atoms in total. The molecule has 0 atom stereocenters. The first kappa shape index (κ1) is 9.08. The van der Waals surface area contributed by atoms with Gasteiger partial charge >= 0.3 is 0 Å². The van der Waals surface area contributed by atoms with Crippen LogP contribution in [-0.2, 0) is 0 Å². The van der Waals surface area contributed by atoms with E-state index < -0.39 is 0 Å². The Balaban J connectivity index is 2.18. The molecule has 1 aromatic carbocycles. The number of nitrogens with zero attached hydrogens (tertiary/aromatic N) is 2. The summed E-state index contributed by atoms with van der Waals surface area (Å²) in [7, 11) is 0. The predicted molar refractivity (Wildman–Crippen MR) is 57.1 cm³/mol. The van der Waals surface area contributed by atoms with Crippen molar-refractivity contribution in [2.75, 3.05) is 5.75 Å². The van der Waals surface area contributed by atoms with E-state index in [1.54, 1.807) is 0 Å². The van der Waals surface area contributed by atoms with Gasteiger partial charge in [0.2, 0.25) is 0 Å². The smallest absolute Gasteiger partial charge is 0.166 e. The summed E-state index contributed by atoms with van der Waals surface area (Å²) in [6, 6.07) is 7.85. The molecule has 0 saturated carbocycles. The van der Waals surface area contributed by atoms with Gasteiger partial charge in [-0.1, -0.05) is 23.9 Å². The molecule has 5 heteroatoms. The average Bonchev–Trinajstić information content (AvgIpc) is 2.60. The van der Waals surface area contributed by atoms with Crippen molar-refractivity contribution in [1.29, 1.82) is 0 Å². The molecule has 14 heavy (non-hydrogen) atoms. The topological polar surface area (TPSA) is 61.3 Å². The molecule has 0 aliphatic heterocycles. The van der Waals surface area contributed by atoms with Crippen LogP contribution in [0.4, 0.5) is 0 Å². The molecule has 0 fully saturated rings. The maximum Gasteiger partial charge on any atom is 0.166 e. The summed E-state index contributed by atoms with van der Waals surface area (Å²) in [5.74, 6) is 0.607. The maximum absolute atomic E-state index is 8.21. The molecule has 0 bridgehead atoms. The summed E-state index contributed by atoms with van der Waals surface area (Å²) in [5.41, 5.74) is 1.98. The molecule has 72 valence electrons. The number of hydrogen-bond donors (Lipinski definition) is 2. The standard InChI is InChI=1S/C9H9N3OS/c13-10-5-6-14-9-11-7-3-1-2-4-8(7)12-9/h1-5,13H,6H2,(H,11,12)/b10-5+. The summed E-state index contributed by atoms with van der Waals surface area (Å²) < 4.78 is 0. The van der Waals surface area contributed by atoms with Gasteiger partial charge in [0.15, 0.2) is 5.16 Å². The second kappa shape index (κ2) is 4.15. The zero-order chi connectivity index (χ0) is 9.80. The van der Waals surface area contributed by atoms with E-state index in [1.807, 2.05) is 24.3 Å². The Labute approximate surface area is 85.0 Å².